The van der Waals surface area contributed by atoms with Crippen LogP contribution < -0.4 is 0 Å². The summed E-state index contributed by atoms with van der Waals surface area (Å²) in [6, 6.07) is 13.5. The maximum absolute atomic E-state index is 10.6. The lowest BCUT2D eigenvalue weighted by atomic mass is 10.1. The molecule has 1 heterocycles. The van der Waals surface area contributed by atoms with Crippen LogP contribution in [0.3, 0.4) is 0 Å². The first-order chi connectivity index (χ1) is 8.16. The van der Waals surface area contributed by atoms with Gasteiger partial charge in [-0.3, -0.25) is 4.79 Å². The lowest BCUT2D eigenvalue weighted by molar-refractivity contribution is -0.137. The molecular weight excluding hydrogens is 216 g/mol. The van der Waals surface area contributed by atoms with Crippen LogP contribution in [0.1, 0.15) is 25.0 Å². The SMILES string of the molecule is CC(CC(=O)O)c1ccc(-c2ccccc2)o1. The molecule has 0 aliphatic rings. The highest BCUT2D eigenvalue weighted by Crippen LogP contribution is 2.27. The highest BCUT2D eigenvalue weighted by Gasteiger charge is 2.14. The van der Waals surface area contributed by atoms with Crippen LogP contribution in [0.15, 0.2) is 46.9 Å². The van der Waals surface area contributed by atoms with Crippen molar-refractivity contribution >= 4 is 5.97 Å². The molecular formula is C14H14O3. The smallest absolute Gasteiger partial charge is 0.304 e. The third kappa shape index (κ3) is 2.75. The zero-order valence-corrected chi connectivity index (χ0v) is 9.59. The fourth-order valence-electron chi connectivity index (χ4n) is 1.74. The third-order valence-corrected chi connectivity index (χ3v) is 2.65. The molecule has 0 radical (unpaired) electrons. The molecule has 1 aromatic carbocycles. The molecule has 1 atom stereocenters. The van der Waals surface area contributed by atoms with Gasteiger partial charge in [-0.1, -0.05) is 37.3 Å². The van der Waals surface area contributed by atoms with E-state index < -0.39 is 5.97 Å². The van der Waals surface area contributed by atoms with Gasteiger partial charge in [0.2, 0.25) is 0 Å². The van der Waals surface area contributed by atoms with Crippen LogP contribution in [-0.2, 0) is 4.79 Å². The number of aliphatic carboxylic acids is 1. The first-order valence-corrected chi connectivity index (χ1v) is 5.54. The first-order valence-electron chi connectivity index (χ1n) is 5.54. The Morgan fingerprint density at radius 2 is 1.94 bits per heavy atom. The summed E-state index contributed by atoms with van der Waals surface area (Å²) in [4.78, 5) is 10.6. The van der Waals surface area contributed by atoms with Crippen molar-refractivity contribution in [2.45, 2.75) is 19.3 Å². The minimum absolute atomic E-state index is 0.0851. The number of carboxylic acid groups (broad SMARTS) is 1. The lowest BCUT2D eigenvalue weighted by Gasteiger charge is -2.04. The number of furan rings is 1. The molecule has 0 bridgehead atoms. The van der Waals surface area contributed by atoms with Gasteiger partial charge in [0.25, 0.3) is 0 Å². The average molecular weight is 230 g/mol. The average Bonchev–Trinajstić information content (AvgIpc) is 2.78. The standard InChI is InChI=1S/C14H14O3/c1-10(9-14(15)16)12-7-8-13(17-12)11-5-3-2-4-6-11/h2-8,10H,9H2,1H3,(H,15,16). The van der Waals surface area contributed by atoms with E-state index in [4.69, 9.17) is 9.52 Å². The van der Waals surface area contributed by atoms with E-state index in [1.54, 1.807) is 0 Å². The highest BCUT2D eigenvalue weighted by molar-refractivity contribution is 5.68. The van der Waals surface area contributed by atoms with E-state index in [0.29, 0.717) is 5.76 Å². The second kappa shape index (κ2) is 4.87. The topological polar surface area (TPSA) is 50.4 Å². The Morgan fingerprint density at radius 1 is 1.24 bits per heavy atom. The van der Waals surface area contributed by atoms with Crippen LogP contribution in [0.4, 0.5) is 0 Å². The molecule has 3 nitrogen and oxygen atoms in total. The number of hydrogen-bond donors (Lipinski definition) is 1. The van der Waals surface area contributed by atoms with Crippen molar-refractivity contribution in [2.24, 2.45) is 0 Å². The first kappa shape index (κ1) is 11.5. The number of benzene rings is 1. The van der Waals surface area contributed by atoms with E-state index in [1.807, 2.05) is 49.4 Å². The van der Waals surface area contributed by atoms with Crippen LogP contribution in [0, 0.1) is 0 Å². The molecule has 17 heavy (non-hydrogen) atoms. The summed E-state index contributed by atoms with van der Waals surface area (Å²) < 4.78 is 5.67. The molecule has 0 spiro atoms. The van der Waals surface area contributed by atoms with E-state index in [9.17, 15) is 4.79 Å². The van der Waals surface area contributed by atoms with Gasteiger partial charge in [-0.05, 0) is 12.1 Å². The van der Waals surface area contributed by atoms with Crippen molar-refractivity contribution < 1.29 is 14.3 Å². The van der Waals surface area contributed by atoms with Crippen molar-refractivity contribution in [3.8, 4) is 11.3 Å². The summed E-state index contributed by atoms with van der Waals surface area (Å²) >= 11 is 0. The van der Waals surface area contributed by atoms with Gasteiger partial charge in [0, 0.05) is 11.5 Å². The number of carbonyl (C=O) groups is 1. The van der Waals surface area contributed by atoms with Crippen LogP contribution in [0.25, 0.3) is 11.3 Å². The van der Waals surface area contributed by atoms with Gasteiger partial charge in [0.1, 0.15) is 11.5 Å². The van der Waals surface area contributed by atoms with Gasteiger partial charge in [-0.2, -0.15) is 0 Å². The molecule has 2 aromatic rings. The Morgan fingerprint density at radius 3 is 2.59 bits per heavy atom. The summed E-state index contributed by atoms with van der Waals surface area (Å²) in [5.41, 5.74) is 1.00. The normalized spacial score (nSPS) is 12.3. The van der Waals surface area contributed by atoms with Crippen molar-refractivity contribution in [2.75, 3.05) is 0 Å². The quantitative estimate of drug-likeness (QED) is 0.874. The molecule has 0 amide bonds. The summed E-state index contributed by atoms with van der Waals surface area (Å²) in [5.74, 6) is 0.573. The minimum Gasteiger partial charge on any atom is -0.481 e. The Hall–Kier alpha value is -2.03. The van der Waals surface area contributed by atoms with Gasteiger partial charge in [0.05, 0.1) is 6.42 Å². The van der Waals surface area contributed by atoms with Crippen LogP contribution in [0.2, 0.25) is 0 Å². The molecule has 0 saturated carbocycles. The predicted molar refractivity (Wildman–Crippen MR) is 64.8 cm³/mol. The van der Waals surface area contributed by atoms with Crippen LogP contribution >= 0.6 is 0 Å². The van der Waals surface area contributed by atoms with E-state index in [2.05, 4.69) is 0 Å². The van der Waals surface area contributed by atoms with Crippen LogP contribution in [-0.4, -0.2) is 11.1 Å². The van der Waals surface area contributed by atoms with Gasteiger partial charge in [0.15, 0.2) is 0 Å². The van der Waals surface area contributed by atoms with Gasteiger partial charge >= 0.3 is 5.97 Å². The maximum atomic E-state index is 10.6. The summed E-state index contributed by atoms with van der Waals surface area (Å²) in [7, 11) is 0. The largest absolute Gasteiger partial charge is 0.481 e. The Bertz CT molecular complexity index is 499. The highest BCUT2D eigenvalue weighted by atomic mass is 16.4. The molecule has 1 aromatic heterocycles. The van der Waals surface area contributed by atoms with Crippen LogP contribution in [0.5, 0.6) is 0 Å². The number of carboxylic acids is 1. The van der Waals surface area contributed by atoms with Gasteiger partial charge in [-0.15, -0.1) is 0 Å². The van der Waals surface area contributed by atoms with Gasteiger partial charge in [-0.25, -0.2) is 0 Å². The molecule has 2 rings (SSSR count). The van der Waals surface area contributed by atoms with E-state index in [0.717, 1.165) is 11.3 Å². The second-order valence-electron chi connectivity index (χ2n) is 4.07. The maximum Gasteiger partial charge on any atom is 0.304 e. The summed E-state index contributed by atoms with van der Waals surface area (Å²) in [5, 5.41) is 8.73. The zero-order chi connectivity index (χ0) is 12.3. The van der Waals surface area contributed by atoms with E-state index in [-0.39, 0.29) is 12.3 Å². The molecule has 1 unspecified atom stereocenters. The van der Waals surface area contributed by atoms with Crippen molar-refractivity contribution in [1.82, 2.24) is 0 Å². The zero-order valence-electron chi connectivity index (χ0n) is 9.59. The fraction of sp³-hybridized carbons (Fsp3) is 0.214. The van der Waals surface area contributed by atoms with Crippen molar-refractivity contribution in [1.29, 1.82) is 0 Å². The third-order valence-electron chi connectivity index (χ3n) is 2.65. The van der Waals surface area contributed by atoms with E-state index >= 15 is 0 Å². The molecule has 3 heteroatoms. The van der Waals surface area contributed by atoms with Gasteiger partial charge < -0.3 is 9.52 Å². The fourth-order valence-corrected chi connectivity index (χ4v) is 1.74. The van der Waals surface area contributed by atoms with Crippen molar-refractivity contribution in [3.05, 3.63) is 48.2 Å². The monoisotopic (exact) mass is 230 g/mol. The number of rotatable bonds is 4. The summed E-state index contributed by atoms with van der Waals surface area (Å²) in [6.07, 6.45) is 0.0851. The Kier molecular flexibility index (Phi) is 3.28. The molecule has 0 saturated heterocycles. The molecule has 0 aliphatic heterocycles. The Balaban J connectivity index is 2.19. The summed E-state index contributed by atoms with van der Waals surface area (Å²) in [6.45, 7) is 1.85. The van der Waals surface area contributed by atoms with Crippen molar-refractivity contribution in [3.63, 3.8) is 0 Å². The van der Waals surface area contributed by atoms with E-state index in [1.165, 1.54) is 0 Å². The molecule has 1 N–H and O–H groups in total. The molecule has 88 valence electrons. The molecule has 0 fully saturated rings. The number of hydrogen-bond acceptors (Lipinski definition) is 2. The predicted octanol–water partition coefficient (Wildman–Crippen LogP) is 3.52. The minimum atomic E-state index is -0.810. The Labute approximate surface area is 99.7 Å². The molecule has 0 aliphatic carbocycles. The second-order valence-corrected chi connectivity index (χ2v) is 4.07. The lowest BCUT2D eigenvalue weighted by Crippen LogP contribution is -2.01.